The predicted octanol–water partition coefficient (Wildman–Crippen LogP) is 3.31. The lowest BCUT2D eigenvalue weighted by molar-refractivity contribution is 0.0996. The van der Waals surface area contributed by atoms with Gasteiger partial charge in [0.25, 0.3) is 5.91 Å². The van der Waals surface area contributed by atoms with Gasteiger partial charge in [-0.15, -0.1) is 0 Å². The first-order valence-electron chi connectivity index (χ1n) is 8.39. The highest BCUT2D eigenvalue weighted by Crippen LogP contribution is 2.32. The van der Waals surface area contributed by atoms with Crippen molar-refractivity contribution in [3.8, 4) is 11.5 Å². The molecule has 1 amide bonds. The summed E-state index contributed by atoms with van der Waals surface area (Å²) in [4.78, 5) is 16.9. The van der Waals surface area contributed by atoms with E-state index in [0.717, 1.165) is 5.56 Å². The molecule has 0 spiro atoms. The van der Waals surface area contributed by atoms with Crippen LogP contribution in [0.3, 0.4) is 0 Å². The molecule has 0 fully saturated rings. The van der Waals surface area contributed by atoms with E-state index in [1.54, 1.807) is 18.2 Å². The zero-order valence-electron chi connectivity index (χ0n) is 14.4. The lowest BCUT2D eigenvalue weighted by atomic mass is 10.1. The van der Waals surface area contributed by atoms with Crippen LogP contribution in [0.4, 0.5) is 0 Å². The Morgan fingerprint density at radius 1 is 1.04 bits per heavy atom. The molecule has 0 atom stereocenters. The third kappa shape index (κ3) is 3.37. The second kappa shape index (κ2) is 6.88. The molecule has 0 aliphatic carbocycles. The van der Waals surface area contributed by atoms with Crippen molar-refractivity contribution in [2.75, 3.05) is 6.79 Å². The number of aromatic nitrogens is 1. The standard InChI is InChI=1S/C21H18N2O3/c1-15-5-7-16(8-6-15)13-23-11-3-2-4-20(23)22-21(24)17-9-10-18-19(12-17)26-14-25-18/h2-12H,13-14H2,1H3. The summed E-state index contributed by atoms with van der Waals surface area (Å²) < 4.78 is 12.6. The summed E-state index contributed by atoms with van der Waals surface area (Å²) in [5, 5.41) is 0. The maximum absolute atomic E-state index is 12.6. The Bertz CT molecular complexity index is 1020. The lowest BCUT2D eigenvalue weighted by Gasteiger charge is -2.08. The summed E-state index contributed by atoms with van der Waals surface area (Å²) in [7, 11) is 0. The van der Waals surface area contributed by atoms with Crippen LogP contribution in [0.2, 0.25) is 0 Å². The van der Waals surface area contributed by atoms with Crippen LogP contribution < -0.4 is 15.0 Å². The number of ether oxygens (including phenoxy) is 2. The molecule has 0 N–H and O–H groups in total. The van der Waals surface area contributed by atoms with Crippen molar-refractivity contribution in [3.63, 3.8) is 0 Å². The topological polar surface area (TPSA) is 52.8 Å². The summed E-state index contributed by atoms with van der Waals surface area (Å²) in [6.07, 6.45) is 1.92. The first kappa shape index (κ1) is 16.1. The molecule has 130 valence electrons. The quantitative estimate of drug-likeness (QED) is 0.731. The van der Waals surface area contributed by atoms with Gasteiger partial charge in [0.15, 0.2) is 11.5 Å². The first-order chi connectivity index (χ1) is 12.7. The van der Waals surface area contributed by atoms with E-state index in [2.05, 4.69) is 36.2 Å². The van der Waals surface area contributed by atoms with Crippen LogP contribution >= 0.6 is 0 Å². The van der Waals surface area contributed by atoms with E-state index in [9.17, 15) is 4.79 Å². The van der Waals surface area contributed by atoms with Crippen molar-refractivity contribution in [2.45, 2.75) is 13.5 Å². The van der Waals surface area contributed by atoms with E-state index in [1.807, 2.05) is 29.0 Å². The van der Waals surface area contributed by atoms with Crippen molar-refractivity contribution in [2.24, 2.45) is 4.99 Å². The Kier molecular flexibility index (Phi) is 4.27. The molecule has 0 unspecified atom stereocenters. The maximum atomic E-state index is 12.6. The number of pyridine rings is 1. The van der Waals surface area contributed by atoms with Crippen molar-refractivity contribution < 1.29 is 14.3 Å². The molecule has 1 aliphatic rings. The average Bonchev–Trinajstić information content (AvgIpc) is 3.13. The molecule has 2 aromatic carbocycles. The zero-order valence-corrected chi connectivity index (χ0v) is 14.4. The Morgan fingerprint density at radius 2 is 1.85 bits per heavy atom. The highest BCUT2D eigenvalue weighted by atomic mass is 16.7. The number of carbonyl (C=O) groups is 1. The van der Waals surface area contributed by atoms with E-state index in [1.165, 1.54) is 5.56 Å². The molecular weight excluding hydrogens is 328 g/mol. The second-order valence-corrected chi connectivity index (χ2v) is 6.16. The molecule has 0 saturated carbocycles. The summed E-state index contributed by atoms with van der Waals surface area (Å²) in [6.45, 7) is 2.89. The molecule has 0 saturated heterocycles. The van der Waals surface area contributed by atoms with Gasteiger partial charge in [-0.25, -0.2) is 0 Å². The fourth-order valence-electron chi connectivity index (χ4n) is 2.79. The first-order valence-corrected chi connectivity index (χ1v) is 8.39. The fourth-order valence-corrected chi connectivity index (χ4v) is 2.79. The van der Waals surface area contributed by atoms with Crippen molar-refractivity contribution in [1.82, 2.24) is 4.57 Å². The van der Waals surface area contributed by atoms with Gasteiger partial charge in [0.1, 0.15) is 5.49 Å². The monoisotopic (exact) mass is 346 g/mol. The minimum atomic E-state index is -0.313. The van der Waals surface area contributed by atoms with E-state index >= 15 is 0 Å². The van der Waals surface area contributed by atoms with Crippen LogP contribution in [-0.4, -0.2) is 17.3 Å². The van der Waals surface area contributed by atoms with Gasteiger partial charge in [0, 0.05) is 18.3 Å². The number of amides is 1. The Labute approximate surface area is 151 Å². The maximum Gasteiger partial charge on any atom is 0.279 e. The lowest BCUT2D eigenvalue weighted by Crippen LogP contribution is -2.22. The number of rotatable bonds is 3. The van der Waals surface area contributed by atoms with Crippen molar-refractivity contribution in [1.29, 1.82) is 0 Å². The summed E-state index contributed by atoms with van der Waals surface area (Å²) in [5.74, 6) is 0.912. The Hall–Kier alpha value is -3.34. The van der Waals surface area contributed by atoms with Crippen molar-refractivity contribution >= 4 is 5.91 Å². The molecule has 1 aliphatic heterocycles. The highest BCUT2D eigenvalue weighted by Gasteiger charge is 2.15. The minimum absolute atomic E-state index is 0.180. The van der Waals surface area contributed by atoms with E-state index in [-0.39, 0.29) is 12.7 Å². The second-order valence-electron chi connectivity index (χ2n) is 6.16. The van der Waals surface area contributed by atoms with Crippen LogP contribution in [0.15, 0.2) is 71.9 Å². The molecule has 2 heterocycles. The van der Waals surface area contributed by atoms with Crippen LogP contribution in [0.5, 0.6) is 11.5 Å². The van der Waals surface area contributed by atoms with Gasteiger partial charge < -0.3 is 14.0 Å². The number of carbonyl (C=O) groups excluding carboxylic acids is 1. The van der Waals surface area contributed by atoms with E-state index in [4.69, 9.17) is 9.47 Å². The summed E-state index contributed by atoms with van der Waals surface area (Å²) >= 11 is 0. The number of aryl methyl sites for hydroxylation is 1. The number of hydrogen-bond donors (Lipinski definition) is 0. The van der Waals surface area contributed by atoms with E-state index in [0.29, 0.717) is 29.1 Å². The Morgan fingerprint density at radius 3 is 2.69 bits per heavy atom. The molecular formula is C21H18N2O3. The van der Waals surface area contributed by atoms with Gasteiger partial charge in [0.2, 0.25) is 6.79 Å². The number of benzene rings is 2. The molecule has 4 rings (SSSR count). The molecule has 26 heavy (non-hydrogen) atoms. The smallest absolute Gasteiger partial charge is 0.279 e. The number of nitrogens with zero attached hydrogens (tertiary/aromatic N) is 2. The van der Waals surface area contributed by atoms with Crippen LogP contribution in [0, 0.1) is 6.92 Å². The highest BCUT2D eigenvalue weighted by molar-refractivity contribution is 5.95. The van der Waals surface area contributed by atoms with Crippen molar-refractivity contribution in [3.05, 3.63) is 89.0 Å². The summed E-state index contributed by atoms with van der Waals surface area (Å²) in [5.41, 5.74) is 3.45. The zero-order chi connectivity index (χ0) is 17.9. The van der Waals surface area contributed by atoms with Gasteiger partial charge in [-0.05, 0) is 42.8 Å². The predicted molar refractivity (Wildman–Crippen MR) is 97.2 cm³/mol. The third-order valence-corrected chi connectivity index (χ3v) is 4.23. The molecule has 0 bridgehead atoms. The SMILES string of the molecule is Cc1ccc(Cn2ccccc2=NC(=O)c2ccc3c(c2)OCO3)cc1. The normalized spacial score (nSPS) is 13.0. The van der Waals surface area contributed by atoms with Gasteiger partial charge in [0.05, 0.1) is 0 Å². The van der Waals surface area contributed by atoms with Gasteiger partial charge >= 0.3 is 0 Å². The molecule has 5 nitrogen and oxygen atoms in total. The Balaban J connectivity index is 1.64. The summed E-state index contributed by atoms with van der Waals surface area (Å²) in [6, 6.07) is 19.1. The minimum Gasteiger partial charge on any atom is -0.454 e. The number of hydrogen-bond acceptors (Lipinski definition) is 3. The molecule has 1 aromatic heterocycles. The third-order valence-electron chi connectivity index (χ3n) is 4.23. The molecule has 3 aromatic rings. The van der Waals surface area contributed by atoms with Gasteiger partial charge in [-0.1, -0.05) is 35.9 Å². The van der Waals surface area contributed by atoms with Crippen LogP contribution in [0.25, 0.3) is 0 Å². The van der Waals surface area contributed by atoms with E-state index < -0.39 is 0 Å². The number of fused-ring (bicyclic) bond motifs is 1. The molecule has 0 radical (unpaired) electrons. The van der Waals surface area contributed by atoms with Gasteiger partial charge in [-0.2, -0.15) is 4.99 Å². The van der Waals surface area contributed by atoms with Gasteiger partial charge in [-0.3, -0.25) is 4.79 Å². The van der Waals surface area contributed by atoms with Crippen LogP contribution in [0.1, 0.15) is 21.5 Å². The average molecular weight is 346 g/mol. The fraction of sp³-hybridized carbons (Fsp3) is 0.143. The van der Waals surface area contributed by atoms with Crippen LogP contribution in [-0.2, 0) is 6.54 Å². The largest absolute Gasteiger partial charge is 0.454 e. The molecule has 5 heteroatoms.